The normalized spacial score (nSPS) is 33.5. The number of hydrogen-bond donors (Lipinski definition) is 0. The Balaban J connectivity index is 0. The van der Waals surface area contributed by atoms with Gasteiger partial charge in [0.15, 0.2) is 0 Å². The highest BCUT2D eigenvalue weighted by molar-refractivity contribution is 7.80. The third kappa shape index (κ3) is 10.9. The SMILES string of the molecule is CC1COC(C(=O)[O-])CC1C.CC1COC(COS(=O)(=O)[O-])CC1C.O.O. The summed E-state index contributed by atoms with van der Waals surface area (Å²) in [6, 6.07) is 0. The fourth-order valence-electron chi connectivity index (χ4n) is 2.68. The second-order valence-electron chi connectivity index (χ2n) is 7.17. The summed E-state index contributed by atoms with van der Waals surface area (Å²) in [4.78, 5) is 10.4. The lowest BCUT2D eigenvalue weighted by Gasteiger charge is -2.32. The Morgan fingerprint density at radius 3 is 1.85 bits per heavy atom. The maximum Gasteiger partial charge on any atom is 0.217 e. The molecule has 0 aromatic carbocycles. The second kappa shape index (κ2) is 12.6. The summed E-state index contributed by atoms with van der Waals surface area (Å²) >= 11 is 0. The average Bonchev–Trinajstić information content (AvgIpc) is 2.51. The Morgan fingerprint density at radius 1 is 0.963 bits per heavy atom. The molecule has 6 atom stereocenters. The van der Waals surface area contributed by atoms with E-state index in [0.29, 0.717) is 43.3 Å². The van der Waals surface area contributed by atoms with E-state index in [-0.39, 0.29) is 23.7 Å². The minimum absolute atomic E-state index is 0. The highest BCUT2D eigenvalue weighted by Gasteiger charge is 2.26. The summed E-state index contributed by atoms with van der Waals surface area (Å²) in [7, 11) is -4.58. The molecule has 0 aliphatic carbocycles. The van der Waals surface area contributed by atoms with Crippen LogP contribution in [-0.2, 0) is 28.9 Å². The third-order valence-electron chi connectivity index (χ3n) is 4.98. The molecule has 2 rings (SSSR count). The van der Waals surface area contributed by atoms with E-state index in [9.17, 15) is 22.9 Å². The molecule has 0 radical (unpaired) electrons. The molecule has 11 heteroatoms. The zero-order valence-electron chi connectivity index (χ0n) is 16.2. The summed E-state index contributed by atoms with van der Waals surface area (Å²) in [5, 5.41) is 10.4. The first kappa shape index (κ1) is 28.4. The van der Waals surface area contributed by atoms with Gasteiger partial charge in [-0.15, -0.1) is 0 Å². The molecule has 2 aliphatic heterocycles. The van der Waals surface area contributed by atoms with Gasteiger partial charge < -0.3 is 34.9 Å². The monoisotopic (exact) mass is 416 g/mol. The van der Waals surface area contributed by atoms with Crippen LogP contribution in [0.4, 0.5) is 0 Å². The molecule has 0 spiro atoms. The van der Waals surface area contributed by atoms with Crippen molar-refractivity contribution in [3.63, 3.8) is 0 Å². The Hall–Kier alpha value is -0.820. The van der Waals surface area contributed by atoms with Crippen LogP contribution >= 0.6 is 0 Å². The van der Waals surface area contributed by atoms with Crippen LogP contribution in [0.15, 0.2) is 0 Å². The number of rotatable bonds is 4. The highest BCUT2D eigenvalue weighted by Crippen LogP contribution is 2.25. The van der Waals surface area contributed by atoms with Crippen molar-refractivity contribution in [2.24, 2.45) is 23.7 Å². The van der Waals surface area contributed by atoms with Crippen molar-refractivity contribution in [1.82, 2.24) is 0 Å². The van der Waals surface area contributed by atoms with Crippen molar-refractivity contribution in [3.8, 4) is 0 Å². The standard InChI is InChI=1S/C8H16O5S.C8H14O3.2H2O/c1-6-3-8(12-4-7(6)2)5-13-14(9,10)11;1-5-3-7(8(9)10)11-4-6(5)2;;/h6-8H,3-5H2,1-2H3,(H,9,10,11);5-7H,3-4H2,1-2H3,(H,9,10);2*1H2/p-2. The molecule has 4 N–H and O–H groups in total. The van der Waals surface area contributed by atoms with E-state index in [1.54, 1.807) is 0 Å². The largest absolute Gasteiger partial charge is 0.726 e. The summed E-state index contributed by atoms with van der Waals surface area (Å²) in [5.41, 5.74) is 0. The lowest BCUT2D eigenvalue weighted by Crippen LogP contribution is -2.43. The smallest absolute Gasteiger partial charge is 0.217 e. The van der Waals surface area contributed by atoms with Crippen LogP contribution in [0.1, 0.15) is 40.5 Å². The molecule has 2 fully saturated rings. The summed E-state index contributed by atoms with van der Waals surface area (Å²) in [6.45, 7) is 9.23. The van der Waals surface area contributed by atoms with Crippen LogP contribution in [-0.4, -0.2) is 61.9 Å². The second-order valence-corrected chi connectivity index (χ2v) is 8.22. The Kier molecular flexibility index (Phi) is 13.3. The minimum Gasteiger partial charge on any atom is -0.726 e. The van der Waals surface area contributed by atoms with Gasteiger partial charge in [0.1, 0.15) is 0 Å². The van der Waals surface area contributed by atoms with Crippen LogP contribution in [0.5, 0.6) is 0 Å². The van der Waals surface area contributed by atoms with Crippen molar-refractivity contribution in [2.45, 2.75) is 52.7 Å². The Morgan fingerprint density at radius 2 is 1.44 bits per heavy atom. The zero-order valence-corrected chi connectivity index (χ0v) is 17.0. The molecule has 10 nitrogen and oxygen atoms in total. The molecular formula is C16H32O10S-2. The molecule has 0 saturated carbocycles. The maximum atomic E-state index is 10.4. The van der Waals surface area contributed by atoms with Crippen molar-refractivity contribution < 1.29 is 47.5 Å². The number of carboxylic acid groups (broad SMARTS) is 1. The topological polar surface area (TPSA) is 188 Å². The van der Waals surface area contributed by atoms with Gasteiger partial charge >= 0.3 is 0 Å². The highest BCUT2D eigenvalue weighted by atomic mass is 32.3. The van der Waals surface area contributed by atoms with Gasteiger partial charge in [0.2, 0.25) is 10.4 Å². The molecule has 0 bridgehead atoms. The van der Waals surface area contributed by atoms with E-state index in [4.69, 9.17) is 9.47 Å². The molecule has 27 heavy (non-hydrogen) atoms. The van der Waals surface area contributed by atoms with E-state index >= 15 is 0 Å². The van der Waals surface area contributed by atoms with Gasteiger partial charge in [-0.3, -0.25) is 4.18 Å². The first-order chi connectivity index (χ1) is 11.5. The number of carbonyl (C=O) groups is 1. The first-order valence-corrected chi connectivity index (χ1v) is 9.87. The summed E-state index contributed by atoms with van der Waals surface area (Å²) < 4.78 is 45.1. The quantitative estimate of drug-likeness (QED) is 0.398. The lowest BCUT2D eigenvalue weighted by molar-refractivity contribution is -0.319. The van der Waals surface area contributed by atoms with Crippen LogP contribution in [0.25, 0.3) is 0 Å². The van der Waals surface area contributed by atoms with Gasteiger partial charge in [0, 0.05) is 6.61 Å². The van der Waals surface area contributed by atoms with Crippen molar-refractivity contribution in [1.29, 1.82) is 0 Å². The van der Waals surface area contributed by atoms with Crippen LogP contribution in [0.3, 0.4) is 0 Å². The van der Waals surface area contributed by atoms with Gasteiger partial charge in [-0.05, 0) is 36.5 Å². The molecule has 164 valence electrons. The van der Waals surface area contributed by atoms with E-state index in [1.807, 2.05) is 6.92 Å². The Bertz CT molecular complexity index is 523. The number of ether oxygens (including phenoxy) is 2. The number of aliphatic carboxylic acids is 1. The van der Waals surface area contributed by atoms with Gasteiger partial charge in [-0.1, -0.05) is 27.7 Å². The molecule has 0 aromatic rings. The number of hydrogen-bond acceptors (Lipinski definition) is 8. The van der Waals surface area contributed by atoms with Crippen molar-refractivity contribution in [2.75, 3.05) is 19.8 Å². The molecule has 6 unspecified atom stereocenters. The van der Waals surface area contributed by atoms with Crippen LogP contribution in [0, 0.1) is 23.7 Å². The summed E-state index contributed by atoms with van der Waals surface area (Å²) in [5.74, 6) is 0.739. The Labute approximate surface area is 160 Å². The fourth-order valence-corrected chi connectivity index (χ4v) is 3.00. The van der Waals surface area contributed by atoms with Gasteiger partial charge in [0.05, 0.1) is 31.4 Å². The number of carbonyl (C=O) groups excluding carboxylic acids is 1. The zero-order chi connectivity index (χ0) is 19.2. The molecule has 2 heterocycles. The van der Waals surface area contributed by atoms with Gasteiger partial charge in [-0.2, -0.15) is 0 Å². The third-order valence-corrected chi connectivity index (χ3v) is 5.40. The molecule has 2 aliphatic rings. The predicted molar refractivity (Wildman–Crippen MR) is 93.3 cm³/mol. The fraction of sp³-hybridized carbons (Fsp3) is 0.938. The molecule has 0 amide bonds. The van der Waals surface area contributed by atoms with E-state index in [0.717, 1.165) is 6.42 Å². The van der Waals surface area contributed by atoms with Crippen LogP contribution < -0.4 is 5.11 Å². The van der Waals surface area contributed by atoms with Crippen LogP contribution in [0.2, 0.25) is 0 Å². The summed E-state index contributed by atoms with van der Waals surface area (Å²) in [6.07, 6.45) is 0.367. The average molecular weight is 416 g/mol. The first-order valence-electron chi connectivity index (χ1n) is 8.53. The number of carboxylic acids is 1. The minimum atomic E-state index is -4.58. The van der Waals surface area contributed by atoms with Gasteiger partial charge in [0.25, 0.3) is 0 Å². The molecule has 0 aromatic heterocycles. The maximum absolute atomic E-state index is 10.4. The van der Waals surface area contributed by atoms with Crippen molar-refractivity contribution >= 4 is 16.4 Å². The van der Waals surface area contributed by atoms with E-state index in [1.165, 1.54) is 0 Å². The molecular weight excluding hydrogens is 384 g/mol. The predicted octanol–water partition coefficient (Wildman–Crippen LogP) is -1.33. The van der Waals surface area contributed by atoms with Gasteiger partial charge in [-0.25, -0.2) is 8.42 Å². The molecule has 2 saturated heterocycles. The van der Waals surface area contributed by atoms with Crippen molar-refractivity contribution in [3.05, 3.63) is 0 Å². The van der Waals surface area contributed by atoms with E-state index in [2.05, 4.69) is 25.0 Å². The lowest BCUT2D eigenvalue weighted by atomic mass is 9.89. The van der Waals surface area contributed by atoms with E-state index < -0.39 is 22.5 Å².